The van der Waals surface area contributed by atoms with Gasteiger partial charge in [-0.05, 0) is 36.5 Å². The number of halogens is 1. The summed E-state index contributed by atoms with van der Waals surface area (Å²) in [6.45, 7) is 5.54. The highest BCUT2D eigenvalue weighted by molar-refractivity contribution is 5.62. The Morgan fingerprint density at radius 3 is 2.53 bits per heavy atom. The van der Waals surface area contributed by atoms with Crippen molar-refractivity contribution < 1.29 is 14.3 Å². The van der Waals surface area contributed by atoms with Gasteiger partial charge in [0.05, 0.1) is 0 Å². The first kappa shape index (κ1) is 15.6. The van der Waals surface area contributed by atoms with E-state index in [0.29, 0.717) is 18.0 Å². The summed E-state index contributed by atoms with van der Waals surface area (Å²) in [4.78, 5) is 9.00. The van der Waals surface area contributed by atoms with Crippen LogP contribution >= 0.6 is 0 Å². The number of rotatable bonds is 2. The second-order valence-corrected chi connectivity index (χ2v) is 5.22. The molecule has 0 bridgehead atoms. The molecule has 1 heterocycles. The van der Waals surface area contributed by atoms with Gasteiger partial charge in [0, 0.05) is 19.0 Å². The van der Waals surface area contributed by atoms with Crippen molar-refractivity contribution in [3.63, 3.8) is 0 Å². The molecule has 0 saturated carbocycles. The SMILES string of the molecule is CC(=O)O.CC(C)C1CCC(c2cccc(F)c2)N1. The number of aliphatic carboxylic acids is 1. The maximum atomic E-state index is 13.0. The Labute approximate surface area is 113 Å². The summed E-state index contributed by atoms with van der Waals surface area (Å²) in [6.07, 6.45) is 2.31. The lowest BCUT2D eigenvalue weighted by Crippen LogP contribution is -2.28. The van der Waals surface area contributed by atoms with Crippen LogP contribution in [0.2, 0.25) is 0 Å². The lowest BCUT2D eigenvalue weighted by molar-refractivity contribution is -0.134. The van der Waals surface area contributed by atoms with E-state index in [9.17, 15) is 4.39 Å². The zero-order chi connectivity index (χ0) is 14.4. The fourth-order valence-electron chi connectivity index (χ4n) is 2.28. The zero-order valence-corrected chi connectivity index (χ0v) is 11.7. The Kier molecular flexibility index (Phi) is 5.96. The summed E-state index contributed by atoms with van der Waals surface area (Å²) < 4.78 is 13.0. The summed E-state index contributed by atoms with van der Waals surface area (Å²) in [5.41, 5.74) is 1.08. The van der Waals surface area contributed by atoms with Gasteiger partial charge in [-0.3, -0.25) is 4.79 Å². The van der Waals surface area contributed by atoms with Gasteiger partial charge in [0.15, 0.2) is 0 Å². The molecule has 0 aliphatic carbocycles. The molecule has 2 atom stereocenters. The number of hydrogen-bond donors (Lipinski definition) is 2. The van der Waals surface area contributed by atoms with Crippen LogP contribution in [-0.2, 0) is 4.79 Å². The van der Waals surface area contributed by atoms with E-state index >= 15 is 0 Å². The molecule has 0 aromatic heterocycles. The van der Waals surface area contributed by atoms with Gasteiger partial charge in [-0.25, -0.2) is 4.39 Å². The molecule has 0 amide bonds. The van der Waals surface area contributed by atoms with Crippen molar-refractivity contribution in [2.45, 2.75) is 45.7 Å². The Bertz CT molecular complexity index is 416. The molecule has 2 N–H and O–H groups in total. The molecule has 1 saturated heterocycles. The Morgan fingerprint density at radius 1 is 1.42 bits per heavy atom. The van der Waals surface area contributed by atoms with Gasteiger partial charge >= 0.3 is 0 Å². The summed E-state index contributed by atoms with van der Waals surface area (Å²) in [5, 5.41) is 11.0. The molecule has 1 aromatic carbocycles. The first-order chi connectivity index (χ1) is 8.90. The molecular formula is C15H22FNO2. The number of carboxylic acid groups (broad SMARTS) is 1. The average Bonchev–Trinajstić information content (AvgIpc) is 2.77. The van der Waals surface area contributed by atoms with Crippen LogP contribution in [0.1, 0.15) is 45.2 Å². The summed E-state index contributed by atoms with van der Waals surface area (Å²) >= 11 is 0. The van der Waals surface area contributed by atoms with Gasteiger partial charge < -0.3 is 10.4 Å². The third-order valence-corrected chi connectivity index (χ3v) is 3.24. The maximum Gasteiger partial charge on any atom is 0.300 e. The van der Waals surface area contributed by atoms with E-state index in [-0.39, 0.29) is 5.82 Å². The van der Waals surface area contributed by atoms with E-state index in [1.54, 1.807) is 12.1 Å². The average molecular weight is 267 g/mol. The minimum Gasteiger partial charge on any atom is -0.481 e. The van der Waals surface area contributed by atoms with Crippen LogP contribution in [0.3, 0.4) is 0 Å². The highest BCUT2D eigenvalue weighted by Gasteiger charge is 2.26. The van der Waals surface area contributed by atoms with Crippen LogP contribution < -0.4 is 5.32 Å². The fourth-order valence-corrected chi connectivity index (χ4v) is 2.28. The molecule has 1 aromatic rings. The van der Waals surface area contributed by atoms with E-state index in [1.165, 1.54) is 12.5 Å². The topological polar surface area (TPSA) is 49.3 Å². The second-order valence-electron chi connectivity index (χ2n) is 5.22. The van der Waals surface area contributed by atoms with Crippen molar-refractivity contribution in [3.05, 3.63) is 35.6 Å². The molecule has 2 rings (SSSR count). The predicted molar refractivity (Wildman–Crippen MR) is 73.4 cm³/mol. The molecule has 2 unspecified atom stereocenters. The highest BCUT2D eigenvalue weighted by atomic mass is 19.1. The molecule has 1 aliphatic heterocycles. The van der Waals surface area contributed by atoms with Crippen LogP contribution in [0.4, 0.5) is 4.39 Å². The van der Waals surface area contributed by atoms with Crippen LogP contribution in [-0.4, -0.2) is 17.1 Å². The van der Waals surface area contributed by atoms with Crippen molar-refractivity contribution in [2.75, 3.05) is 0 Å². The molecule has 0 spiro atoms. The molecule has 1 aliphatic rings. The number of carbonyl (C=O) groups is 1. The van der Waals surface area contributed by atoms with Gasteiger partial charge in [-0.1, -0.05) is 26.0 Å². The van der Waals surface area contributed by atoms with Crippen molar-refractivity contribution >= 4 is 5.97 Å². The second kappa shape index (κ2) is 7.24. The molecule has 19 heavy (non-hydrogen) atoms. The summed E-state index contributed by atoms with van der Waals surface area (Å²) in [6, 6.07) is 7.85. The lowest BCUT2D eigenvalue weighted by Gasteiger charge is -2.17. The minimum absolute atomic E-state index is 0.137. The molecule has 4 heteroatoms. The Morgan fingerprint density at radius 2 is 2.05 bits per heavy atom. The van der Waals surface area contributed by atoms with E-state index in [2.05, 4.69) is 19.2 Å². The van der Waals surface area contributed by atoms with E-state index in [1.807, 2.05) is 6.07 Å². The van der Waals surface area contributed by atoms with Crippen molar-refractivity contribution in [1.82, 2.24) is 5.32 Å². The fraction of sp³-hybridized carbons (Fsp3) is 0.533. The Balaban J connectivity index is 0.000000399. The zero-order valence-electron chi connectivity index (χ0n) is 11.7. The van der Waals surface area contributed by atoms with Gasteiger partial charge in [-0.2, -0.15) is 0 Å². The monoisotopic (exact) mass is 267 g/mol. The van der Waals surface area contributed by atoms with E-state index in [0.717, 1.165) is 18.9 Å². The molecule has 3 nitrogen and oxygen atoms in total. The largest absolute Gasteiger partial charge is 0.481 e. The van der Waals surface area contributed by atoms with Crippen LogP contribution in [0.25, 0.3) is 0 Å². The highest BCUT2D eigenvalue weighted by Crippen LogP contribution is 2.29. The van der Waals surface area contributed by atoms with Crippen molar-refractivity contribution in [3.8, 4) is 0 Å². The molecule has 0 radical (unpaired) electrons. The minimum atomic E-state index is -0.833. The third kappa shape index (κ3) is 5.39. The smallest absolute Gasteiger partial charge is 0.300 e. The normalized spacial score (nSPS) is 21.9. The molecule has 1 fully saturated rings. The molecular weight excluding hydrogens is 245 g/mol. The van der Waals surface area contributed by atoms with Crippen LogP contribution in [0.5, 0.6) is 0 Å². The first-order valence-corrected chi connectivity index (χ1v) is 6.61. The van der Waals surface area contributed by atoms with Crippen molar-refractivity contribution in [2.24, 2.45) is 5.92 Å². The van der Waals surface area contributed by atoms with E-state index < -0.39 is 5.97 Å². The number of carboxylic acids is 1. The quantitative estimate of drug-likeness (QED) is 0.863. The Hall–Kier alpha value is -1.42. The van der Waals surface area contributed by atoms with Gasteiger partial charge in [0.2, 0.25) is 0 Å². The van der Waals surface area contributed by atoms with E-state index in [4.69, 9.17) is 9.90 Å². The number of nitrogens with one attached hydrogen (secondary N) is 1. The number of benzene rings is 1. The number of hydrogen-bond acceptors (Lipinski definition) is 2. The lowest BCUT2D eigenvalue weighted by atomic mass is 10.0. The van der Waals surface area contributed by atoms with Crippen LogP contribution in [0, 0.1) is 11.7 Å². The van der Waals surface area contributed by atoms with Gasteiger partial charge in [0.1, 0.15) is 5.82 Å². The predicted octanol–water partition coefficient (Wildman–Crippen LogP) is 3.37. The van der Waals surface area contributed by atoms with Gasteiger partial charge in [-0.15, -0.1) is 0 Å². The van der Waals surface area contributed by atoms with Crippen LogP contribution in [0.15, 0.2) is 24.3 Å². The van der Waals surface area contributed by atoms with Gasteiger partial charge in [0.25, 0.3) is 5.97 Å². The first-order valence-electron chi connectivity index (χ1n) is 6.61. The standard InChI is InChI=1S/C13H18FN.C2H4O2/c1-9(2)12-6-7-13(15-12)10-4-3-5-11(14)8-10;1-2(3)4/h3-5,8-9,12-13,15H,6-7H2,1-2H3;1H3,(H,3,4). The molecule has 106 valence electrons. The summed E-state index contributed by atoms with van der Waals surface area (Å²) in [5.74, 6) is -0.314. The maximum absolute atomic E-state index is 13.0. The summed E-state index contributed by atoms with van der Waals surface area (Å²) in [7, 11) is 0. The van der Waals surface area contributed by atoms with Crippen molar-refractivity contribution in [1.29, 1.82) is 0 Å². The third-order valence-electron chi connectivity index (χ3n) is 3.24.